The van der Waals surface area contributed by atoms with Crippen molar-refractivity contribution in [3.8, 4) is 0 Å². The van der Waals surface area contributed by atoms with Crippen molar-refractivity contribution in [3.63, 3.8) is 0 Å². The molecule has 0 fully saturated rings. The Balaban J connectivity index is 1.76. The predicted molar refractivity (Wildman–Crippen MR) is 90.4 cm³/mol. The molecule has 1 amide bonds. The number of para-hydroxylation sites is 2. The van der Waals surface area contributed by atoms with Crippen LogP contribution in [0.2, 0.25) is 0 Å². The highest BCUT2D eigenvalue weighted by atomic mass is 16.2. The van der Waals surface area contributed by atoms with Crippen molar-refractivity contribution in [2.24, 2.45) is 14.1 Å². The van der Waals surface area contributed by atoms with Crippen LogP contribution in [0.25, 0.3) is 11.0 Å². The van der Waals surface area contributed by atoms with Crippen LogP contribution >= 0.6 is 0 Å². The number of amides is 1. The Kier molecular flexibility index (Phi) is 3.90. The Morgan fingerprint density at radius 2 is 2.00 bits per heavy atom. The van der Waals surface area contributed by atoms with Gasteiger partial charge in [0.2, 0.25) is 11.9 Å². The van der Waals surface area contributed by atoms with Crippen molar-refractivity contribution in [2.45, 2.75) is 19.8 Å². The van der Waals surface area contributed by atoms with Gasteiger partial charge in [0.05, 0.1) is 17.2 Å². The molecule has 3 rings (SSSR count). The summed E-state index contributed by atoms with van der Waals surface area (Å²) in [6.07, 6.45) is 2.96. The molecule has 0 atom stereocenters. The van der Waals surface area contributed by atoms with Gasteiger partial charge in [0.15, 0.2) is 0 Å². The molecule has 23 heavy (non-hydrogen) atoms. The van der Waals surface area contributed by atoms with Crippen molar-refractivity contribution in [1.82, 2.24) is 19.3 Å². The average molecular weight is 311 g/mol. The topological polar surface area (TPSA) is 56.0 Å². The van der Waals surface area contributed by atoms with Gasteiger partial charge in [-0.1, -0.05) is 12.1 Å². The van der Waals surface area contributed by atoms with Gasteiger partial charge in [0.1, 0.15) is 0 Å². The highest BCUT2D eigenvalue weighted by Gasteiger charge is 2.18. The monoisotopic (exact) mass is 311 g/mol. The van der Waals surface area contributed by atoms with E-state index in [1.165, 1.54) is 0 Å². The number of aromatic nitrogens is 4. The van der Waals surface area contributed by atoms with Crippen molar-refractivity contribution < 1.29 is 4.79 Å². The lowest BCUT2D eigenvalue weighted by Gasteiger charge is -2.16. The van der Waals surface area contributed by atoms with Crippen LogP contribution in [-0.2, 0) is 25.3 Å². The Morgan fingerprint density at radius 1 is 1.26 bits per heavy atom. The molecule has 6 heteroatoms. The fraction of sp³-hybridized carbons (Fsp3) is 0.353. The third-order valence-electron chi connectivity index (χ3n) is 4.38. The first-order valence-electron chi connectivity index (χ1n) is 7.64. The number of carbonyl (C=O) groups is 1. The number of hydrogen-bond acceptors (Lipinski definition) is 3. The number of imidazole rings is 1. The Hall–Kier alpha value is -2.63. The zero-order valence-electron chi connectivity index (χ0n) is 13.9. The molecule has 6 nitrogen and oxygen atoms in total. The molecule has 0 saturated carbocycles. The van der Waals surface area contributed by atoms with Gasteiger partial charge in [0, 0.05) is 33.3 Å². The number of fused-ring (bicyclic) bond motifs is 1. The maximum absolute atomic E-state index is 12.5. The zero-order chi connectivity index (χ0) is 16.6. The molecular formula is C17H21N5O. The zero-order valence-corrected chi connectivity index (χ0v) is 13.9. The summed E-state index contributed by atoms with van der Waals surface area (Å²) in [6.45, 7) is 2.02. The molecule has 0 radical (unpaired) electrons. The number of benzene rings is 1. The van der Waals surface area contributed by atoms with E-state index in [0.717, 1.165) is 22.3 Å². The van der Waals surface area contributed by atoms with Gasteiger partial charge < -0.3 is 4.57 Å². The van der Waals surface area contributed by atoms with E-state index in [9.17, 15) is 4.79 Å². The largest absolute Gasteiger partial charge is 0.313 e. The van der Waals surface area contributed by atoms with Crippen molar-refractivity contribution in [3.05, 3.63) is 41.7 Å². The highest BCUT2D eigenvalue weighted by Crippen LogP contribution is 2.21. The second kappa shape index (κ2) is 5.87. The van der Waals surface area contributed by atoms with E-state index >= 15 is 0 Å². The molecule has 0 aliphatic carbocycles. The maximum Gasteiger partial charge on any atom is 0.229 e. The molecule has 0 spiro atoms. The number of aryl methyl sites for hydroxylation is 3. The lowest BCUT2D eigenvalue weighted by atomic mass is 10.1. The summed E-state index contributed by atoms with van der Waals surface area (Å²) in [5.74, 6) is 0.714. The minimum Gasteiger partial charge on any atom is -0.313 e. The van der Waals surface area contributed by atoms with Gasteiger partial charge in [-0.2, -0.15) is 5.10 Å². The van der Waals surface area contributed by atoms with Crippen LogP contribution < -0.4 is 4.90 Å². The van der Waals surface area contributed by atoms with Crippen molar-refractivity contribution in [2.75, 3.05) is 11.9 Å². The molecule has 0 unspecified atom stereocenters. The number of anilines is 1. The fourth-order valence-electron chi connectivity index (χ4n) is 2.74. The van der Waals surface area contributed by atoms with Gasteiger partial charge in [-0.05, 0) is 31.0 Å². The molecule has 0 N–H and O–H groups in total. The SMILES string of the molecule is Cc1c(CCC(=O)N(C)c2nc3ccccc3n2C)cnn1C. The number of nitrogens with zero attached hydrogens (tertiary/aromatic N) is 5. The second-order valence-corrected chi connectivity index (χ2v) is 5.79. The first-order chi connectivity index (χ1) is 11.0. The molecule has 1 aromatic carbocycles. The van der Waals surface area contributed by atoms with Crippen molar-refractivity contribution in [1.29, 1.82) is 0 Å². The minimum absolute atomic E-state index is 0.0478. The van der Waals surface area contributed by atoms with E-state index < -0.39 is 0 Å². The number of rotatable bonds is 4. The summed E-state index contributed by atoms with van der Waals surface area (Å²) in [4.78, 5) is 18.7. The molecule has 0 aliphatic heterocycles. The summed E-state index contributed by atoms with van der Waals surface area (Å²) >= 11 is 0. The standard InChI is InChI=1S/C17H21N5O/c1-12-13(11-18-22(12)4)9-10-16(23)21(3)17-19-14-7-5-6-8-15(14)20(17)2/h5-8,11H,9-10H2,1-4H3. The Labute approximate surface area is 135 Å². The quantitative estimate of drug-likeness (QED) is 0.742. The van der Waals surface area contributed by atoms with Gasteiger partial charge in [-0.3, -0.25) is 14.4 Å². The molecule has 2 heterocycles. The fourth-order valence-corrected chi connectivity index (χ4v) is 2.74. The number of carbonyl (C=O) groups excluding carboxylic acids is 1. The Morgan fingerprint density at radius 3 is 2.65 bits per heavy atom. The van der Waals surface area contributed by atoms with Gasteiger partial charge in [0.25, 0.3) is 0 Å². The van der Waals surface area contributed by atoms with E-state index in [-0.39, 0.29) is 5.91 Å². The smallest absolute Gasteiger partial charge is 0.229 e. The maximum atomic E-state index is 12.5. The van der Waals surface area contributed by atoms with Gasteiger partial charge in [-0.25, -0.2) is 4.98 Å². The predicted octanol–water partition coefficient (Wildman–Crippen LogP) is 2.21. The van der Waals surface area contributed by atoms with E-state index in [2.05, 4.69) is 10.1 Å². The molecule has 0 aliphatic rings. The summed E-state index contributed by atoms with van der Waals surface area (Å²) in [5.41, 5.74) is 4.13. The molecule has 0 saturated heterocycles. The van der Waals surface area contributed by atoms with E-state index in [1.807, 2.05) is 60.7 Å². The van der Waals surface area contributed by atoms with E-state index in [4.69, 9.17) is 0 Å². The molecule has 3 aromatic rings. The molecule has 2 aromatic heterocycles. The summed E-state index contributed by atoms with van der Waals surface area (Å²) in [6, 6.07) is 7.88. The molecule has 120 valence electrons. The number of hydrogen-bond donors (Lipinski definition) is 0. The highest BCUT2D eigenvalue weighted by molar-refractivity contribution is 5.93. The minimum atomic E-state index is 0.0478. The lowest BCUT2D eigenvalue weighted by Crippen LogP contribution is -2.28. The first-order valence-corrected chi connectivity index (χ1v) is 7.64. The van der Waals surface area contributed by atoms with E-state index in [0.29, 0.717) is 18.8 Å². The van der Waals surface area contributed by atoms with Gasteiger partial charge in [-0.15, -0.1) is 0 Å². The third-order valence-corrected chi connectivity index (χ3v) is 4.38. The van der Waals surface area contributed by atoms with Crippen LogP contribution in [0.15, 0.2) is 30.5 Å². The summed E-state index contributed by atoms with van der Waals surface area (Å²) < 4.78 is 3.78. The molecular weight excluding hydrogens is 290 g/mol. The van der Waals surface area contributed by atoms with Crippen molar-refractivity contribution >= 4 is 22.9 Å². The van der Waals surface area contributed by atoms with Crippen LogP contribution in [0.4, 0.5) is 5.95 Å². The normalized spacial score (nSPS) is 11.1. The first kappa shape index (κ1) is 15.3. The average Bonchev–Trinajstić information content (AvgIpc) is 3.06. The third kappa shape index (κ3) is 2.72. The van der Waals surface area contributed by atoms with Gasteiger partial charge >= 0.3 is 0 Å². The summed E-state index contributed by atoms with van der Waals surface area (Å²) in [7, 11) is 5.62. The van der Waals surface area contributed by atoms with Crippen LogP contribution in [0.3, 0.4) is 0 Å². The van der Waals surface area contributed by atoms with E-state index in [1.54, 1.807) is 11.9 Å². The summed E-state index contributed by atoms with van der Waals surface area (Å²) in [5, 5.41) is 4.22. The van der Waals surface area contributed by atoms with Crippen LogP contribution in [0.5, 0.6) is 0 Å². The lowest BCUT2D eigenvalue weighted by molar-refractivity contribution is -0.118. The van der Waals surface area contributed by atoms with Crippen LogP contribution in [0, 0.1) is 6.92 Å². The Bertz CT molecular complexity index is 861. The van der Waals surface area contributed by atoms with Crippen LogP contribution in [-0.4, -0.2) is 32.3 Å². The molecule has 0 bridgehead atoms. The van der Waals surface area contributed by atoms with Crippen LogP contribution in [0.1, 0.15) is 17.7 Å². The second-order valence-electron chi connectivity index (χ2n) is 5.79.